The van der Waals surface area contributed by atoms with Gasteiger partial charge in [-0.2, -0.15) is 9.97 Å². The Morgan fingerprint density at radius 3 is 2.58 bits per heavy atom. The van der Waals surface area contributed by atoms with Crippen LogP contribution < -0.4 is 5.32 Å². The van der Waals surface area contributed by atoms with Crippen molar-refractivity contribution in [1.29, 1.82) is 0 Å². The lowest BCUT2D eigenvalue weighted by atomic mass is 9.68. The SMILES string of the molecule is CCOC(=O)[C@@]12C[C@@H]1[C@@H](n1cnc3c(NC(C4CCC4)C4CCC4)nc(Cl)nc31)[C@@H]1OC(C)(C)O[C@@H]12. The Bertz CT molecular complexity index is 1200. The van der Waals surface area contributed by atoms with Crippen molar-refractivity contribution in [3.63, 3.8) is 0 Å². The van der Waals surface area contributed by atoms with E-state index in [1.807, 2.05) is 25.3 Å². The predicted octanol–water partition coefficient (Wildman–Crippen LogP) is 4.50. The lowest BCUT2D eigenvalue weighted by Crippen LogP contribution is -2.42. The van der Waals surface area contributed by atoms with E-state index in [4.69, 9.17) is 30.8 Å². The third-order valence-corrected chi connectivity index (χ3v) is 9.60. The standard InChI is InChI=1S/C26H34ClN5O4/c1-4-34-23(33)26-11-15(26)18(19-20(26)36-25(2,3)35-19)32-12-28-17-21(30-24(27)31-22(17)32)29-16(13-7-5-8-13)14-9-6-10-14/h12-16,18-20H,4-11H2,1-3H3,(H,29,30,31)/t15-,18-,19+,20+,26+/m1/s1. The van der Waals surface area contributed by atoms with Gasteiger partial charge in [0.25, 0.3) is 0 Å². The lowest BCUT2D eigenvalue weighted by Gasteiger charge is -2.43. The highest BCUT2D eigenvalue weighted by Crippen LogP contribution is 2.72. The number of hydrogen-bond donors (Lipinski definition) is 1. The first-order valence-electron chi connectivity index (χ1n) is 13.5. The van der Waals surface area contributed by atoms with Crippen molar-refractivity contribution in [3.8, 4) is 0 Å². The van der Waals surface area contributed by atoms with Crippen LogP contribution in [0.4, 0.5) is 5.82 Å². The largest absolute Gasteiger partial charge is 0.465 e. The summed E-state index contributed by atoms with van der Waals surface area (Å²) in [6.45, 7) is 5.97. The number of fused-ring (bicyclic) bond motifs is 4. The Balaban J connectivity index is 1.26. The number of aromatic nitrogens is 4. The zero-order valence-electron chi connectivity index (χ0n) is 21.1. The summed E-state index contributed by atoms with van der Waals surface area (Å²) in [4.78, 5) is 27.1. The van der Waals surface area contributed by atoms with Gasteiger partial charge in [-0.05, 0) is 76.3 Å². The molecule has 5 atom stereocenters. The van der Waals surface area contributed by atoms with E-state index in [9.17, 15) is 4.79 Å². The molecule has 4 aliphatic carbocycles. The average molecular weight is 516 g/mol. The second-order valence-electron chi connectivity index (χ2n) is 11.8. The molecule has 0 bridgehead atoms. The quantitative estimate of drug-likeness (QED) is 0.425. The molecule has 3 heterocycles. The van der Waals surface area contributed by atoms with Crippen LogP contribution in [0.15, 0.2) is 6.33 Å². The number of anilines is 1. The third-order valence-electron chi connectivity index (χ3n) is 9.43. The normalized spacial score (nSPS) is 34.8. The van der Waals surface area contributed by atoms with Crippen LogP contribution in [0.5, 0.6) is 0 Å². The van der Waals surface area contributed by atoms with Gasteiger partial charge in [0.05, 0.1) is 19.0 Å². The Morgan fingerprint density at radius 2 is 1.94 bits per heavy atom. The Morgan fingerprint density at radius 1 is 1.22 bits per heavy atom. The summed E-state index contributed by atoms with van der Waals surface area (Å²) < 4.78 is 20.2. The van der Waals surface area contributed by atoms with Crippen molar-refractivity contribution in [2.45, 2.75) is 95.8 Å². The number of ether oxygens (including phenoxy) is 3. The van der Waals surface area contributed by atoms with Crippen LogP contribution in [0, 0.1) is 23.2 Å². The van der Waals surface area contributed by atoms with Gasteiger partial charge in [-0.3, -0.25) is 4.79 Å². The van der Waals surface area contributed by atoms with Crippen LogP contribution in [-0.2, 0) is 19.0 Å². The molecular formula is C26H34ClN5O4. The zero-order valence-corrected chi connectivity index (χ0v) is 21.8. The van der Waals surface area contributed by atoms with Gasteiger partial charge in [0.1, 0.15) is 17.6 Å². The number of esters is 1. The molecule has 5 fully saturated rings. The Kier molecular flexibility index (Phi) is 5.16. The number of rotatable bonds is 7. The monoisotopic (exact) mass is 515 g/mol. The molecule has 0 spiro atoms. The molecule has 1 aliphatic heterocycles. The van der Waals surface area contributed by atoms with Crippen molar-refractivity contribution < 1.29 is 19.0 Å². The number of halogens is 1. The fraction of sp³-hybridized carbons (Fsp3) is 0.769. The van der Waals surface area contributed by atoms with Gasteiger partial charge in [-0.25, -0.2) is 4.98 Å². The van der Waals surface area contributed by atoms with E-state index in [0.717, 1.165) is 0 Å². The van der Waals surface area contributed by atoms with Gasteiger partial charge >= 0.3 is 5.97 Å². The maximum Gasteiger partial charge on any atom is 0.315 e. The molecule has 36 heavy (non-hydrogen) atoms. The van der Waals surface area contributed by atoms with Gasteiger partial charge in [-0.1, -0.05) is 12.8 Å². The summed E-state index contributed by atoms with van der Waals surface area (Å²) in [7, 11) is 0. The summed E-state index contributed by atoms with van der Waals surface area (Å²) >= 11 is 6.49. The molecular weight excluding hydrogens is 482 g/mol. The van der Waals surface area contributed by atoms with Gasteiger partial charge in [0.2, 0.25) is 5.28 Å². The molecule has 2 aromatic rings. The highest BCUT2D eigenvalue weighted by Gasteiger charge is 2.80. The van der Waals surface area contributed by atoms with Gasteiger partial charge < -0.3 is 24.1 Å². The molecule has 4 saturated carbocycles. The van der Waals surface area contributed by atoms with Crippen molar-refractivity contribution in [2.75, 3.05) is 11.9 Å². The molecule has 1 saturated heterocycles. The van der Waals surface area contributed by atoms with Gasteiger partial charge in [0, 0.05) is 12.0 Å². The summed E-state index contributed by atoms with van der Waals surface area (Å²) in [5, 5.41) is 3.95. The molecule has 5 aliphatic rings. The second-order valence-corrected chi connectivity index (χ2v) is 12.1. The Labute approximate surface area is 215 Å². The zero-order chi connectivity index (χ0) is 24.8. The fourth-order valence-electron chi connectivity index (χ4n) is 7.28. The molecule has 0 aromatic carbocycles. The minimum Gasteiger partial charge on any atom is -0.465 e. The number of carbonyl (C=O) groups excluding carboxylic acids is 1. The minimum absolute atomic E-state index is 0.0305. The fourth-order valence-corrected chi connectivity index (χ4v) is 7.44. The molecule has 7 rings (SSSR count). The van der Waals surface area contributed by atoms with E-state index in [-0.39, 0.29) is 35.4 Å². The molecule has 10 heteroatoms. The number of hydrogen-bond acceptors (Lipinski definition) is 8. The number of carbonyl (C=O) groups is 1. The highest BCUT2D eigenvalue weighted by molar-refractivity contribution is 6.28. The van der Waals surface area contributed by atoms with Crippen molar-refractivity contribution in [1.82, 2.24) is 19.5 Å². The minimum atomic E-state index is -0.783. The molecule has 194 valence electrons. The smallest absolute Gasteiger partial charge is 0.315 e. The molecule has 9 nitrogen and oxygen atoms in total. The first-order valence-corrected chi connectivity index (χ1v) is 13.9. The predicted molar refractivity (Wildman–Crippen MR) is 132 cm³/mol. The second kappa shape index (κ2) is 8.01. The topological polar surface area (TPSA) is 100 Å². The molecule has 2 aromatic heterocycles. The summed E-state index contributed by atoms with van der Waals surface area (Å²) in [5.41, 5.74) is 0.696. The third kappa shape index (κ3) is 3.28. The van der Waals surface area contributed by atoms with Crippen molar-refractivity contribution in [2.24, 2.45) is 23.2 Å². The van der Waals surface area contributed by atoms with Crippen LogP contribution in [0.25, 0.3) is 11.2 Å². The maximum absolute atomic E-state index is 13.1. The lowest BCUT2D eigenvalue weighted by molar-refractivity contribution is -0.172. The van der Waals surface area contributed by atoms with E-state index >= 15 is 0 Å². The van der Waals surface area contributed by atoms with Crippen molar-refractivity contribution in [3.05, 3.63) is 11.6 Å². The summed E-state index contributed by atoms with van der Waals surface area (Å²) in [6, 6.07) is 0.244. The summed E-state index contributed by atoms with van der Waals surface area (Å²) in [6.07, 6.45) is 9.50. The number of nitrogens with zero attached hydrogens (tertiary/aromatic N) is 4. The van der Waals surface area contributed by atoms with Crippen LogP contribution in [0.3, 0.4) is 0 Å². The average Bonchev–Trinajstić information content (AvgIpc) is 3.06. The van der Waals surface area contributed by atoms with E-state index in [1.165, 1.54) is 38.5 Å². The van der Waals surface area contributed by atoms with E-state index < -0.39 is 11.2 Å². The molecule has 0 amide bonds. The van der Waals surface area contributed by atoms with E-state index in [0.29, 0.717) is 47.9 Å². The first kappa shape index (κ1) is 23.2. The van der Waals surface area contributed by atoms with Crippen LogP contribution >= 0.6 is 11.6 Å². The molecule has 1 N–H and O–H groups in total. The molecule has 0 radical (unpaired) electrons. The highest BCUT2D eigenvalue weighted by atomic mass is 35.5. The van der Waals surface area contributed by atoms with E-state index in [2.05, 4.69) is 15.3 Å². The van der Waals surface area contributed by atoms with Gasteiger partial charge in [-0.15, -0.1) is 0 Å². The molecule has 0 unspecified atom stereocenters. The van der Waals surface area contributed by atoms with Crippen LogP contribution in [-0.4, -0.2) is 56.1 Å². The van der Waals surface area contributed by atoms with Gasteiger partial charge in [0.15, 0.2) is 22.8 Å². The van der Waals surface area contributed by atoms with Crippen LogP contribution in [0.1, 0.15) is 71.8 Å². The number of nitrogens with one attached hydrogen (secondary N) is 1. The maximum atomic E-state index is 13.1. The van der Waals surface area contributed by atoms with E-state index in [1.54, 1.807) is 6.33 Å². The first-order chi connectivity index (χ1) is 17.3. The number of imidazole rings is 1. The Hall–Kier alpha value is -1.97. The van der Waals surface area contributed by atoms with Crippen molar-refractivity contribution >= 4 is 34.6 Å². The summed E-state index contributed by atoms with van der Waals surface area (Å²) in [5.74, 6) is 1.12. The van der Waals surface area contributed by atoms with Crippen LogP contribution in [0.2, 0.25) is 5.28 Å².